The highest BCUT2D eigenvalue weighted by Crippen LogP contribution is 2.28. The predicted molar refractivity (Wildman–Crippen MR) is 34.1 cm³/mol. The Labute approximate surface area is 64.4 Å². The maximum absolute atomic E-state index is 12.0. The molecule has 11 heavy (non-hydrogen) atoms. The molecule has 0 spiro atoms. The first kappa shape index (κ1) is 8.32. The van der Waals surface area contributed by atoms with Crippen LogP contribution in [-0.2, 0) is 13.2 Å². The Morgan fingerprint density at radius 3 is 2.27 bits per heavy atom. The zero-order chi connectivity index (χ0) is 8.65. The van der Waals surface area contributed by atoms with E-state index in [9.17, 15) is 13.2 Å². The predicted octanol–water partition coefficient (Wildman–Crippen LogP) is 1.58. The van der Waals surface area contributed by atoms with E-state index in [0.717, 1.165) is 21.3 Å². The lowest BCUT2D eigenvalue weighted by molar-refractivity contribution is -0.143. The van der Waals surface area contributed by atoms with Crippen molar-refractivity contribution >= 4 is 11.3 Å². The van der Waals surface area contributed by atoms with Crippen LogP contribution >= 0.6 is 11.3 Å². The summed E-state index contributed by atoms with van der Waals surface area (Å²) >= 11 is 0.768. The average Bonchev–Trinajstić information content (AvgIpc) is 2.11. The Kier molecular flexibility index (Phi) is 1.79. The number of nitrogens with zero attached hydrogens (tertiary/aromatic N) is 1. The van der Waals surface area contributed by atoms with Gasteiger partial charge >= 0.3 is 6.18 Å². The molecule has 0 aliphatic carbocycles. The zero-order valence-electron chi connectivity index (χ0n) is 5.57. The molecule has 0 saturated heterocycles. The summed E-state index contributed by atoms with van der Waals surface area (Å²) in [4.78, 5) is -0.0997. The van der Waals surface area contributed by atoms with Crippen molar-refractivity contribution in [2.45, 2.75) is 6.18 Å². The Morgan fingerprint density at radius 1 is 1.55 bits per heavy atom. The monoisotopic (exact) mass is 182 g/mol. The molecule has 0 atom stereocenters. The molecule has 2 nitrogen and oxygen atoms in total. The van der Waals surface area contributed by atoms with Crippen LogP contribution in [0.4, 0.5) is 13.2 Å². The highest BCUT2D eigenvalue weighted by molar-refractivity contribution is 7.07. The SMILES string of the molecule is Cn1c(C(F)(F)F)csc1=N. The topological polar surface area (TPSA) is 28.8 Å². The first-order valence-electron chi connectivity index (χ1n) is 2.69. The molecule has 6 heteroatoms. The number of alkyl halides is 3. The van der Waals surface area contributed by atoms with Crippen molar-refractivity contribution in [3.05, 3.63) is 15.9 Å². The van der Waals surface area contributed by atoms with Crippen molar-refractivity contribution in [3.63, 3.8) is 0 Å². The van der Waals surface area contributed by atoms with Crippen LogP contribution in [0.25, 0.3) is 0 Å². The van der Waals surface area contributed by atoms with Crippen molar-refractivity contribution in [3.8, 4) is 0 Å². The molecule has 0 aliphatic rings. The number of hydrogen-bond donors (Lipinski definition) is 1. The van der Waals surface area contributed by atoms with Crippen LogP contribution in [0, 0.1) is 5.41 Å². The fraction of sp³-hybridized carbons (Fsp3) is 0.400. The van der Waals surface area contributed by atoms with Crippen LogP contribution in [-0.4, -0.2) is 4.57 Å². The molecule has 0 aromatic carbocycles. The molecule has 62 valence electrons. The number of hydrogen-bond acceptors (Lipinski definition) is 2. The minimum atomic E-state index is -4.34. The number of halogens is 3. The molecular weight excluding hydrogens is 177 g/mol. The van der Waals surface area contributed by atoms with Gasteiger partial charge in [-0.15, -0.1) is 11.3 Å². The molecule has 0 radical (unpaired) electrons. The second-order valence-electron chi connectivity index (χ2n) is 1.98. The highest BCUT2D eigenvalue weighted by atomic mass is 32.1. The normalized spacial score (nSPS) is 12.0. The molecule has 0 aliphatic heterocycles. The van der Waals surface area contributed by atoms with E-state index in [2.05, 4.69) is 0 Å². The van der Waals surface area contributed by atoms with Crippen LogP contribution in [0.3, 0.4) is 0 Å². The van der Waals surface area contributed by atoms with E-state index in [1.54, 1.807) is 0 Å². The van der Waals surface area contributed by atoms with E-state index < -0.39 is 11.9 Å². The lowest BCUT2D eigenvalue weighted by Gasteiger charge is -2.05. The Morgan fingerprint density at radius 2 is 2.09 bits per heavy atom. The van der Waals surface area contributed by atoms with Crippen molar-refractivity contribution < 1.29 is 13.2 Å². The van der Waals surface area contributed by atoms with Gasteiger partial charge in [-0.3, -0.25) is 5.41 Å². The molecule has 1 aromatic heterocycles. The first-order chi connectivity index (χ1) is 4.93. The minimum Gasteiger partial charge on any atom is -0.316 e. The van der Waals surface area contributed by atoms with Crippen molar-refractivity contribution in [1.29, 1.82) is 5.41 Å². The van der Waals surface area contributed by atoms with Gasteiger partial charge in [-0.25, -0.2) is 0 Å². The van der Waals surface area contributed by atoms with Gasteiger partial charge in [-0.05, 0) is 0 Å². The van der Waals surface area contributed by atoms with Crippen molar-refractivity contribution in [2.24, 2.45) is 7.05 Å². The van der Waals surface area contributed by atoms with Crippen molar-refractivity contribution in [1.82, 2.24) is 4.57 Å². The summed E-state index contributed by atoms with van der Waals surface area (Å²) in [6.07, 6.45) is -4.34. The summed E-state index contributed by atoms with van der Waals surface area (Å²) in [5.41, 5.74) is -0.771. The van der Waals surface area contributed by atoms with E-state index in [-0.39, 0.29) is 4.80 Å². The van der Waals surface area contributed by atoms with E-state index in [1.807, 2.05) is 0 Å². The van der Waals surface area contributed by atoms with Gasteiger partial charge < -0.3 is 4.57 Å². The Balaban J connectivity index is 3.26. The quantitative estimate of drug-likeness (QED) is 0.631. The fourth-order valence-electron chi connectivity index (χ4n) is 0.636. The Bertz CT molecular complexity index is 308. The molecule has 1 heterocycles. The lowest BCUT2D eigenvalue weighted by Crippen LogP contribution is -2.17. The maximum atomic E-state index is 12.0. The van der Waals surface area contributed by atoms with Gasteiger partial charge in [0.2, 0.25) is 0 Å². The molecule has 0 saturated carbocycles. The van der Waals surface area contributed by atoms with E-state index >= 15 is 0 Å². The molecule has 1 aromatic rings. The van der Waals surface area contributed by atoms with E-state index in [0.29, 0.717) is 0 Å². The van der Waals surface area contributed by atoms with Gasteiger partial charge in [0.15, 0.2) is 4.80 Å². The average molecular weight is 182 g/mol. The van der Waals surface area contributed by atoms with Crippen LogP contribution in [0.1, 0.15) is 5.69 Å². The molecule has 1 N–H and O–H groups in total. The van der Waals surface area contributed by atoms with Gasteiger partial charge in [0, 0.05) is 12.4 Å². The second kappa shape index (κ2) is 2.37. The third-order valence-corrected chi connectivity index (χ3v) is 2.08. The van der Waals surface area contributed by atoms with Crippen LogP contribution in [0.2, 0.25) is 0 Å². The summed E-state index contributed by atoms with van der Waals surface area (Å²) in [6, 6.07) is 0. The van der Waals surface area contributed by atoms with E-state index in [4.69, 9.17) is 5.41 Å². The Hall–Kier alpha value is -0.780. The highest BCUT2D eigenvalue weighted by Gasteiger charge is 2.33. The standard InChI is InChI=1S/C5H5F3N2S/c1-10-3(5(6,7)8)2-11-4(10)9/h2,9H,1H3. The third-order valence-electron chi connectivity index (χ3n) is 1.24. The van der Waals surface area contributed by atoms with Gasteiger partial charge in [-0.1, -0.05) is 0 Å². The van der Waals surface area contributed by atoms with Gasteiger partial charge in [0.1, 0.15) is 5.69 Å². The summed E-state index contributed by atoms with van der Waals surface area (Å²) in [5.74, 6) is 0. The summed E-state index contributed by atoms with van der Waals surface area (Å²) < 4.78 is 36.7. The van der Waals surface area contributed by atoms with Gasteiger partial charge in [0.05, 0.1) is 0 Å². The summed E-state index contributed by atoms with van der Waals surface area (Å²) in [5, 5.41) is 7.93. The lowest BCUT2D eigenvalue weighted by atomic mass is 10.5. The molecule has 0 unspecified atom stereocenters. The van der Waals surface area contributed by atoms with Gasteiger partial charge in [0.25, 0.3) is 0 Å². The summed E-state index contributed by atoms with van der Waals surface area (Å²) in [7, 11) is 1.22. The second-order valence-corrected chi connectivity index (χ2v) is 2.84. The van der Waals surface area contributed by atoms with Crippen LogP contribution in [0.15, 0.2) is 5.38 Å². The van der Waals surface area contributed by atoms with Crippen molar-refractivity contribution in [2.75, 3.05) is 0 Å². The third kappa shape index (κ3) is 1.45. The van der Waals surface area contributed by atoms with Crippen LogP contribution < -0.4 is 4.80 Å². The number of rotatable bonds is 0. The van der Waals surface area contributed by atoms with Gasteiger partial charge in [-0.2, -0.15) is 13.2 Å². The summed E-state index contributed by atoms with van der Waals surface area (Å²) in [6.45, 7) is 0. The molecule has 1 rings (SSSR count). The first-order valence-corrected chi connectivity index (χ1v) is 3.57. The van der Waals surface area contributed by atoms with Crippen LogP contribution in [0.5, 0.6) is 0 Å². The fourth-order valence-corrected chi connectivity index (χ4v) is 1.41. The smallest absolute Gasteiger partial charge is 0.316 e. The number of aromatic nitrogens is 1. The number of nitrogens with one attached hydrogen (secondary N) is 1. The minimum absolute atomic E-state index is 0.0997. The molecule has 0 bridgehead atoms. The molecule has 0 amide bonds. The zero-order valence-corrected chi connectivity index (χ0v) is 6.38. The number of thiazole rings is 1. The largest absolute Gasteiger partial charge is 0.432 e. The molecule has 0 fully saturated rings. The van der Waals surface area contributed by atoms with E-state index in [1.165, 1.54) is 7.05 Å². The maximum Gasteiger partial charge on any atom is 0.432 e. The molecular formula is C5H5F3N2S.